The van der Waals surface area contributed by atoms with Crippen molar-refractivity contribution in [3.05, 3.63) is 284 Å². The molecule has 6 nitrogen and oxygen atoms in total. The largest absolute Gasteiger partial charge is 2.00 e. The van der Waals surface area contributed by atoms with E-state index in [1.165, 1.54) is 52.7 Å². The summed E-state index contributed by atoms with van der Waals surface area (Å²) in [5.74, 6) is -0.193. The Morgan fingerprint density at radius 1 is 0.488 bits per heavy atom. The molecule has 0 saturated heterocycles. The van der Waals surface area contributed by atoms with Crippen molar-refractivity contribution < 1.29 is 24.3 Å². The molecule has 10 rings (SSSR count). The zero-order valence-corrected chi connectivity index (χ0v) is 54.4. The number of nitrogens with zero attached hydrogens (tertiary/aromatic N) is 4. The van der Waals surface area contributed by atoms with Crippen LogP contribution < -0.4 is 15.3 Å². The number of hydrogen-bond acceptors (Lipinski definition) is 3. The summed E-state index contributed by atoms with van der Waals surface area (Å²) in [6.45, 7) is 21.7. The molecule has 0 spiro atoms. The molecule has 7 heteroatoms. The molecule has 0 fully saturated rings. The normalized spacial score (nSPS) is 14.9. The first-order chi connectivity index (χ1) is 41.0. The zero-order valence-electron chi connectivity index (χ0n) is 51.5. The standard InChI is InChI=1S/C79H76N5O.Zn/c1-52(16-11-12-17-53(2)19-14-21-55(4)28-42-66-58(7)22-15-51-79(66,9)10)18-13-20-54(3)23-29-60-30-36-64(37-31-60)78(85)80-65-40-38-63(39-41-65)77-73-49-47-71(83-73)75(61-32-24-56(5)25-33-61)69-45-43-67(81-69)59(8)68-44-46-70(82-68)76(72-48-50-74(77)84-72)62-34-26-57(6)27-35-62;/h11-14,16-21,23-50H,15,22,51H2,1-10H3,(H2-,80,81,82,83,84,85);/q-1;+2/p-1/b12-11+,18-13+,19-14+,29-23+,42-28+,52-16+,53-17+,54-20+,55-21+,67-59?,68-59?,75-69?,75-71?,76-70?,76-72?,77-73?,77-74?;. The van der Waals surface area contributed by atoms with Gasteiger partial charge in [0, 0.05) is 11.3 Å². The molecule has 4 aromatic carbocycles. The molecular weight excluding hydrogens is 1100 g/mol. The molecule has 5 heterocycles. The van der Waals surface area contributed by atoms with Crippen molar-refractivity contribution >= 4 is 64.0 Å². The number of amides is 1. The summed E-state index contributed by atoms with van der Waals surface area (Å²) in [6.07, 6.45) is 41.9. The fraction of sp³-hybridized carbons (Fsp3) is 0.177. The Labute approximate surface area is 521 Å². The van der Waals surface area contributed by atoms with Gasteiger partial charge in [-0.1, -0.05) is 235 Å². The topological polar surface area (TPSA) is 83.1 Å². The van der Waals surface area contributed by atoms with E-state index in [1.807, 2.05) is 48.5 Å². The van der Waals surface area contributed by atoms with E-state index in [0.29, 0.717) is 11.3 Å². The van der Waals surface area contributed by atoms with Crippen LogP contribution in [0.1, 0.15) is 123 Å². The minimum Gasteiger partial charge on any atom is -0.657 e. The number of benzene rings is 4. The van der Waals surface area contributed by atoms with E-state index in [-0.39, 0.29) is 30.8 Å². The van der Waals surface area contributed by atoms with Crippen LogP contribution in [0.25, 0.3) is 85.8 Å². The Morgan fingerprint density at radius 3 is 1.41 bits per heavy atom. The molecule has 0 unspecified atom stereocenters. The number of carbonyl (C=O) groups excluding carboxylic acids is 1. The van der Waals surface area contributed by atoms with Crippen LogP contribution >= 0.6 is 0 Å². The Kier molecular flexibility index (Phi) is 19.9. The first-order valence-electron chi connectivity index (χ1n) is 29.5. The van der Waals surface area contributed by atoms with Crippen molar-refractivity contribution in [2.24, 2.45) is 5.41 Å². The van der Waals surface area contributed by atoms with E-state index >= 15 is 0 Å². The van der Waals surface area contributed by atoms with Crippen molar-refractivity contribution in [3.8, 4) is 33.4 Å². The van der Waals surface area contributed by atoms with Gasteiger partial charge in [0.05, 0.1) is 22.8 Å². The van der Waals surface area contributed by atoms with Crippen LogP contribution in [0.2, 0.25) is 0 Å². The Morgan fingerprint density at radius 2 is 0.907 bits per heavy atom. The van der Waals surface area contributed by atoms with Crippen LogP contribution in [-0.2, 0) is 19.5 Å². The number of aromatic nitrogens is 4. The van der Waals surface area contributed by atoms with Gasteiger partial charge in [0.1, 0.15) is 0 Å². The van der Waals surface area contributed by atoms with Crippen molar-refractivity contribution in [1.82, 2.24) is 19.9 Å². The van der Waals surface area contributed by atoms with Crippen molar-refractivity contribution in [2.75, 3.05) is 5.32 Å². The molecule has 1 amide bonds. The smallest absolute Gasteiger partial charge is 0.657 e. The molecule has 7 aromatic rings. The van der Waals surface area contributed by atoms with Crippen molar-refractivity contribution in [1.29, 1.82) is 0 Å². The summed E-state index contributed by atoms with van der Waals surface area (Å²) in [4.78, 5) is 35.0. The molecule has 8 bridgehead atoms. The first kappa shape index (κ1) is 61.5. The third-order valence-electron chi connectivity index (χ3n) is 16.0. The number of allylic oxidation sites excluding steroid dienone is 19. The van der Waals surface area contributed by atoms with E-state index in [2.05, 4.69) is 257 Å². The quantitative estimate of drug-likeness (QED) is 0.0817. The molecule has 0 atom stereocenters. The van der Waals surface area contributed by atoms with Gasteiger partial charge in [-0.05, 0) is 179 Å². The average Bonchev–Trinajstić information content (AvgIpc) is 1.95. The van der Waals surface area contributed by atoms with E-state index < -0.39 is 0 Å². The molecular formula is C79H75N5OZn. The van der Waals surface area contributed by atoms with Gasteiger partial charge >= 0.3 is 19.5 Å². The summed E-state index contributed by atoms with van der Waals surface area (Å²) < 4.78 is 0. The molecule has 3 aliphatic rings. The van der Waals surface area contributed by atoms with Gasteiger partial charge in [0.2, 0.25) is 0 Å². The predicted octanol–water partition coefficient (Wildman–Crippen LogP) is 20.6. The second-order valence-corrected chi connectivity index (χ2v) is 23.3. The fourth-order valence-corrected chi connectivity index (χ4v) is 11.0. The summed E-state index contributed by atoms with van der Waals surface area (Å²) >= 11 is 0. The molecule has 3 aromatic heterocycles. The molecule has 86 heavy (non-hydrogen) atoms. The number of nitrogens with one attached hydrogen (secondary N) is 1. The number of carbonyl (C=O) groups is 1. The number of aryl methyl sites for hydroxylation is 3. The Bertz CT molecular complexity index is 4200. The second-order valence-electron chi connectivity index (χ2n) is 23.3. The third kappa shape index (κ3) is 15.1. The Balaban J connectivity index is 0.00000884. The maximum absolute atomic E-state index is 13.7. The van der Waals surface area contributed by atoms with E-state index in [9.17, 15) is 4.79 Å². The summed E-state index contributed by atoms with van der Waals surface area (Å²) in [5.41, 5.74) is 25.8. The SMILES string of the molecule is CC1=C(/C=C/C(C)=C/C=C/C(C)=C/C=C/C=C(C)/C=C/C=C(C)/C=C/c2ccc(C(=O)Nc3ccc(-c4c5nc(c(-c6ccc(C)cc6)c6ccc([n-]6)c(C)c6nc(c(-c7ccc(C)cc7)c7ccc4[n-]7)C=C6)C=C5)cc3)cc2)C(C)(C)CCC1.[Zn+2]. The molecule has 0 saturated carbocycles. The van der Waals surface area contributed by atoms with E-state index in [1.54, 1.807) is 0 Å². The van der Waals surface area contributed by atoms with Crippen molar-refractivity contribution in [2.45, 2.75) is 88.5 Å². The first-order valence-corrected chi connectivity index (χ1v) is 29.5. The molecule has 424 valence electrons. The van der Waals surface area contributed by atoms with Gasteiger partial charge in [0.25, 0.3) is 5.91 Å². The van der Waals surface area contributed by atoms with E-state index in [4.69, 9.17) is 19.9 Å². The van der Waals surface area contributed by atoms with Gasteiger partial charge < -0.3 is 15.3 Å². The minimum atomic E-state index is -0.193. The fourth-order valence-electron chi connectivity index (χ4n) is 11.0. The number of hydrogen-bond donors (Lipinski definition) is 1. The third-order valence-corrected chi connectivity index (χ3v) is 16.0. The maximum Gasteiger partial charge on any atom is 2.00 e. The monoisotopic (exact) mass is 1170 g/mol. The minimum absolute atomic E-state index is 0. The summed E-state index contributed by atoms with van der Waals surface area (Å²) in [6, 6.07) is 40.9. The maximum atomic E-state index is 13.7. The van der Waals surface area contributed by atoms with Gasteiger partial charge in [-0.15, -0.1) is 22.1 Å². The van der Waals surface area contributed by atoms with Crippen LogP contribution in [0.15, 0.2) is 234 Å². The Hall–Kier alpha value is -9.03. The molecule has 0 radical (unpaired) electrons. The molecule has 1 aliphatic carbocycles. The number of fused-ring (bicyclic) bond motifs is 8. The molecule has 2 aliphatic heterocycles. The second kappa shape index (κ2) is 27.8. The van der Waals surface area contributed by atoms with Crippen molar-refractivity contribution in [3.63, 3.8) is 0 Å². The van der Waals surface area contributed by atoms with Gasteiger partial charge in [-0.25, -0.2) is 9.97 Å². The van der Waals surface area contributed by atoms with Crippen LogP contribution in [-0.4, -0.2) is 15.9 Å². The van der Waals surface area contributed by atoms with Gasteiger partial charge in [-0.3, -0.25) is 4.79 Å². The average molecular weight is 1180 g/mol. The van der Waals surface area contributed by atoms with Crippen LogP contribution in [0.5, 0.6) is 0 Å². The van der Waals surface area contributed by atoms with E-state index in [0.717, 1.165) is 100 Å². The zero-order chi connectivity index (χ0) is 59.6. The van der Waals surface area contributed by atoms with Crippen LogP contribution in [0, 0.1) is 26.2 Å². The number of anilines is 1. The molecule has 1 N–H and O–H groups in total. The number of rotatable bonds is 15. The summed E-state index contributed by atoms with van der Waals surface area (Å²) in [7, 11) is 0. The summed E-state index contributed by atoms with van der Waals surface area (Å²) in [5, 5.41) is 3.12. The van der Waals surface area contributed by atoms with Crippen LogP contribution in [0.3, 0.4) is 0 Å². The predicted molar refractivity (Wildman–Crippen MR) is 363 cm³/mol. The van der Waals surface area contributed by atoms with Crippen LogP contribution in [0.4, 0.5) is 5.69 Å². The van der Waals surface area contributed by atoms with Gasteiger partial charge in [0.15, 0.2) is 0 Å². The van der Waals surface area contributed by atoms with Gasteiger partial charge in [-0.2, -0.15) is 0 Å².